The number of carbonyl (C=O) groups is 4. The van der Waals surface area contributed by atoms with Crippen LogP contribution in [0.4, 0.5) is 15.8 Å². The van der Waals surface area contributed by atoms with E-state index in [1.54, 1.807) is 60.7 Å². The quantitative estimate of drug-likeness (QED) is 0.149. The molecule has 2 saturated heterocycles. The van der Waals surface area contributed by atoms with Crippen LogP contribution in [-0.4, -0.2) is 47.0 Å². The Morgan fingerprint density at radius 3 is 2.23 bits per heavy atom. The van der Waals surface area contributed by atoms with Gasteiger partial charge in [-0.3, -0.25) is 29.5 Å². The van der Waals surface area contributed by atoms with E-state index >= 15 is 4.79 Å². The Balaban J connectivity index is 1.30. The van der Waals surface area contributed by atoms with Crippen molar-refractivity contribution in [1.29, 1.82) is 0 Å². The van der Waals surface area contributed by atoms with E-state index in [2.05, 4.69) is 21.4 Å². The molecule has 0 radical (unpaired) electrons. The Labute approximate surface area is 312 Å². The monoisotopic (exact) mass is 783 g/mol. The molecule has 2 aliphatic carbocycles. The van der Waals surface area contributed by atoms with Crippen molar-refractivity contribution >= 4 is 62.5 Å². The van der Waals surface area contributed by atoms with Crippen molar-refractivity contribution in [2.45, 2.75) is 24.2 Å². The third-order valence-corrected chi connectivity index (χ3v) is 11.7. The average molecular weight is 785 g/mol. The minimum Gasteiger partial charge on any atom is -0.491 e. The lowest BCUT2D eigenvalue weighted by Gasteiger charge is -2.50. The van der Waals surface area contributed by atoms with Crippen molar-refractivity contribution in [2.75, 3.05) is 23.5 Å². The number of hydrogen-bond donors (Lipinski definition) is 2. The molecule has 0 bridgehead atoms. The van der Waals surface area contributed by atoms with Crippen LogP contribution in [0, 0.1) is 29.5 Å². The summed E-state index contributed by atoms with van der Waals surface area (Å²) in [5.41, 5.74) is 4.36. The van der Waals surface area contributed by atoms with Crippen LogP contribution >= 0.6 is 27.5 Å². The van der Waals surface area contributed by atoms with Gasteiger partial charge in [0.2, 0.25) is 11.8 Å². The predicted octanol–water partition coefficient (Wildman–Crippen LogP) is 6.80. The molecule has 0 unspecified atom stereocenters. The highest BCUT2D eigenvalue weighted by atomic mass is 79.9. The molecule has 8 rings (SSSR count). The van der Waals surface area contributed by atoms with Gasteiger partial charge >= 0.3 is 0 Å². The maximum absolute atomic E-state index is 15.2. The number of nitrogens with zero attached hydrogens (tertiary/aromatic N) is 2. The van der Waals surface area contributed by atoms with Gasteiger partial charge in [0.1, 0.15) is 18.2 Å². The number of benzene rings is 4. The van der Waals surface area contributed by atoms with Crippen molar-refractivity contribution in [3.8, 4) is 5.75 Å². The number of imide groups is 2. The summed E-state index contributed by atoms with van der Waals surface area (Å²) in [7, 11) is 0. The smallest absolute Gasteiger partial charge is 0.260 e. The normalized spacial score (nSPS) is 26.5. The number of aliphatic hydroxyl groups is 1. The van der Waals surface area contributed by atoms with Crippen LogP contribution in [0.1, 0.15) is 29.9 Å². The zero-order valence-corrected chi connectivity index (χ0v) is 29.9. The second-order valence-corrected chi connectivity index (χ2v) is 14.9. The molecule has 12 heteroatoms. The molecule has 2 N–H and O–H groups in total. The molecule has 4 amide bonds. The average Bonchev–Trinajstić information content (AvgIpc) is 3.53. The topological polar surface area (TPSA) is 116 Å². The van der Waals surface area contributed by atoms with Crippen molar-refractivity contribution < 1.29 is 33.4 Å². The fourth-order valence-electron chi connectivity index (χ4n) is 8.79. The number of anilines is 2. The van der Waals surface area contributed by atoms with E-state index in [1.165, 1.54) is 29.2 Å². The summed E-state index contributed by atoms with van der Waals surface area (Å²) >= 11 is 9.79. The van der Waals surface area contributed by atoms with Gasteiger partial charge in [0, 0.05) is 15.4 Å². The van der Waals surface area contributed by atoms with Gasteiger partial charge in [-0.05, 0) is 103 Å². The maximum Gasteiger partial charge on any atom is 0.260 e. The van der Waals surface area contributed by atoms with Crippen LogP contribution in [0.15, 0.2) is 113 Å². The number of fused-ring (bicyclic) bond motifs is 4. The third-order valence-electron chi connectivity index (χ3n) is 10.9. The molecular formula is C40H32BrClFN3O6. The van der Waals surface area contributed by atoms with E-state index in [4.69, 9.17) is 16.3 Å². The molecule has 0 aromatic heterocycles. The van der Waals surface area contributed by atoms with E-state index in [0.29, 0.717) is 33.3 Å². The molecule has 6 atom stereocenters. The van der Waals surface area contributed by atoms with Crippen molar-refractivity contribution in [3.63, 3.8) is 0 Å². The van der Waals surface area contributed by atoms with Crippen LogP contribution in [0.3, 0.4) is 0 Å². The zero-order valence-electron chi connectivity index (χ0n) is 27.5. The number of ether oxygens (including phenoxy) is 1. The minimum atomic E-state index is -1.49. The molecule has 4 aromatic rings. The van der Waals surface area contributed by atoms with Crippen LogP contribution in [0.2, 0.25) is 5.02 Å². The number of amides is 4. The first kappa shape index (κ1) is 34.3. The number of carbonyl (C=O) groups excluding carboxylic acids is 4. The molecule has 52 heavy (non-hydrogen) atoms. The molecule has 3 fully saturated rings. The van der Waals surface area contributed by atoms with Crippen molar-refractivity contribution in [3.05, 3.63) is 135 Å². The van der Waals surface area contributed by atoms with Gasteiger partial charge in [-0.1, -0.05) is 63.4 Å². The molecule has 2 aliphatic heterocycles. The Morgan fingerprint density at radius 2 is 1.56 bits per heavy atom. The second-order valence-electron chi connectivity index (χ2n) is 13.5. The summed E-state index contributed by atoms with van der Waals surface area (Å²) in [6.07, 6.45) is 2.40. The summed E-state index contributed by atoms with van der Waals surface area (Å²) < 4.78 is 20.3. The van der Waals surface area contributed by atoms with Gasteiger partial charge in [0.15, 0.2) is 0 Å². The predicted molar refractivity (Wildman–Crippen MR) is 195 cm³/mol. The van der Waals surface area contributed by atoms with Crippen LogP contribution in [-0.2, 0) is 24.6 Å². The van der Waals surface area contributed by atoms with Gasteiger partial charge < -0.3 is 9.84 Å². The van der Waals surface area contributed by atoms with Crippen LogP contribution in [0.25, 0.3) is 0 Å². The fourth-order valence-corrected chi connectivity index (χ4v) is 9.19. The maximum atomic E-state index is 15.2. The van der Waals surface area contributed by atoms with E-state index in [0.717, 1.165) is 15.1 Å². The van der Waals surface area contributed by atoms with Gasteiger partial charge in [0.05, 0.1) is 41.2 Å². The minimum absolute atomic E-state index is 0.0951. The molecule has 0 spiro atoms. The van der Waals surface area contributed by atoms with Crippen molar-refractivity contribution in [2.24, 2.45) is 23.7 Å². The number of nitrogens with one attached hydrogen (secondary N) is 1. The van der Waals surface area contributed by atoms with Gasteiger partial charge in [-0.2, -0.15) is 5.01 Å². The first-order valence-corrected chi connectivity index (χ1v) is 18.1. The lowest BCUT2D eigenvalue weighted by atomic mass is 9.49. The standard InChI is InChI=1S/C40H32BrClFN3O6/c41-24-5-13-28(14-6-24)45-36(48)31-18-17-30-32(34(31)38(45)50)21-33-37(49)46(44-27-11-9-26(43)10-12-27)39(51)40(33,23-3-7-25(42)8-4-23)35(30)22-1-15-29(16-2-22)52-20-19-47/h1-17,31-35,44,47H,18-21H2/t31-,32+,33-,34-,35-,40+/m0/s1. The van der Waals surface area contributed by atoms with Crippen LogP contribution < -0.4 is 15.1 Å². The molecular weight excluding hydrogens is 753 g/mol. The first-order chi connectivity index (χ1) is 25.1. The number of allylic oxidation sites excluding steroid dienone is 2. The van der Waals surface area contributed by atoms with Crippen molar-refractivity contribution in [1.82, 2.24) is 5.01 Å². The highest BCUT2D eigenvalue weighted by Gasteiger charge is 2.70. The number of rotatable bonds is 8. The highest BCUT2D eigenvalue weighted by Crippen LogP contribution is 2.64. The molecule has 2 heterocycles. The number of hydrogen-bond acceptors (Lipinski definition) is 7. The lowest BCUT2D eigenvalue weighted by molar-refractivity contribution is -0.138. The second kappa shape index (κ2) is 13.3. The fraction of sp³-hybridized carbons (Fsp3) is 0.250. The summed E-state index contributed by atoms with van der Waals surface area (Å²) in [4.78, 5) is 59.7. The molecule has 9 nitrogen and oxygen atoms in total. The molecule has 264 valence electrons. The van der Waals surface area contributed by atoms with E-state index in [1.807, 2.05) is 18.2 Å². The lowest BCUT2D eigenvalue weighted by Crippen LogP contribution is -2.53. The Hall–Kier alpha value is -4.84. The van der Waals surface area contributed by atoms with Gasteiger partial charge in [0.25, 0.3) is 11.8 Å². The SMILES string of the molecule is O=C1[C@@H]2C[C@@H]3C(=CC[C@@H]4C(=O)N(c5ccc(Br)cc5)C(=O)[C@@H]43)[C@H](c3ccc(OCCO)cc3)[C@]2(c2ccc(Cl)cc2)C(=O)N1Nc1ccc(F)cc1. The summed E-state index contributed by atoms with van der Waals surface area (Å²) in [5.74, 6) is -5.24. The van der Waals surface area contributed by atoms with E-state index in [-0.39, 0.29) is 37.9 Å². The Morgan fingerprint density at radius 1 is 0.865 bits per heavy atom. The number of aliphatic hydroxyl groups excluding tert-OH is 1. The first-order valence-electron chi connectivity index (χ1n) is 17.0. The summed E-state index contributed by atoms with van der Waals surface area (Å²) in [6, 6.07) is 26.4. The Bertz CT molecular complexity index is 2110. The largest absolute Gasteiger partial charge is 0.491 e. The molecule has 4 aromatic carbocycles. The van der Waals surface area contributed by atoms with E-state index in [9.17, 15) is 23.9 Å². The zero-order chi connectivity index (χ0) is 36.3. The summed E-state index contributed by atoms with van der Waals surface area (Å²) in [6.45, 7) is -0.0712. The van der Waals surface area contributed by atoms with E-state index < -0.39 is 52.6 Å². The molecule has 1 saturated carbocycles. The summed E-state index contributed by atoms with van der Waals surface area (Å²) in [5, 5.41) is 10.8. The van der Waals surface area contributed by atoms with Crippen LogP contribution in [0.5, 0.6) is 5.75 Å². The number of hydrazine groups is 1. The number of halogens is 3. The Kier molecular flexibility index (Phi) is 8.76. The van der Waals surface area contributed by atoms with Gasteiger partial charge in [-0.25, -0.2) is 4.39 Å². The van der Waals surface area contributed by atoms with Gasteiger partial charge in [-0.15, -0.1) is 0 Å². The highest BCUT2D eigenvalue weighted by molar-refractivity contribution is 9.10. The third kappa shape index (κ3) is 5.36. The molecule has 4 aliphatic rings.